The number of carbonyl (C=O) groups is 1. The third-order valence-electron chi connectivity index (χ3n) is 2.51. The molecule has 2 rings (SSSR count). The predicted molar refractivity (Wildman–Crippen MR) is 84.4 cm³/mol. The van der Waals surface area contributed by atoms with Gasteiger partial charge in [0.15, 0.2) is 0 Å². The van der Waals surface area contributed by atoms with Crippen LogP contribution in [0.4, 0.5) is 11.6 Å². The summed E-state index contributed by atoms with van der Waals surface area (Å²) in [5.74, 6) is 0.167. The number of hydrogen-bond acceptors (Lipinski definition) is 4. The van der Waals surface area contributed by atoms with E-state index in [9.17, 15) is 4.79 Å². The van der Waals surface area contributed by atoms with Crippen molar-refractivity contribution in [3.8, 4) is 0 Å². The van der Waals surface area contributed by atoms with Gasteiger partial charge >= 0.3 is 0 Å². The van der Waals surface area contributed by atoms with Crippen LogP contribution in [0.5, 0.6) is 0 Å². The number of aromatic nitrogens is 2. The quantitative estimate of drug-likeness (QED) is 0.900. The van der Waals surface area contributed by atoms with Crippen LogP contribution in [0.3, 0.4) is 0 Å². The third kappa shape index (κ3) is 4.31. The summed E-state index contributed by atoms with van der Waals surface area (Å²) in [6.07, 6.45) is 2.93. The Bertz CT molecular complexity index is 644. The van der Waals surface area contributed by atoms with E-state index in [2.05, 4.69) is 20.6 Å². The number of carbonyl (C=O) groups excluding carboxylic acids is 1. The van der Waals surface area contributed by atoms with E-state index in [4.69, 9.17) is 23.2 Å². The van der Waals surface area contributed by atoms with Crippen LogP contribution in [-0.4, -0.2) is 21.9 Å². The van der Waals surface area contributed by atoms with E-state index in [1.54, 1.807) is 18.2 Å². The minimum absolute atomic E-state index is 0.0616. The average Bonchev–Trinajstić information content (AvgIpc) is 2.43. The lowest BCUT2D eigenvalue weighted by Gasteiger charge is -2.09. The van der Waals surface area contributed by atoms with Crippen LogP contribution in [0.1, 0.15) is 24.2 Å². The second kappa shape index (κ2) is 6.74. The molecule has 21 heavy (non-hydrogen) atoms. The zero-order valence-corrected chi connectivity index (χ0v) is 13.0. The van der Waals surface area contributed by atoms with Crippen LogP contribution < -0.4 is 10.6 Å². The summed E-state index contributed by atoms with van der Waals surface area (Å²) in [6, 6.07) is 5.17. The molecule has 0 unspecified atom stereocenters. The maximum atomic E-state index is 11.8. The second-order valence-corrected chi connectivity index (χ2v) is 5.49. The molecule has 2 N–H and O–H groups in total. The van der Waals surface area contributed by atoms with Crippen LogP contribution in [0, 0.1) is 0 Å². The molecule has 0 radical (unpaired) electrons. The minimum atomic E-state index is -0.203. The van der Waals surface area contributed by atoms with Gasteiger partial charge in [0.25, 0.3) is 5.91 Å². The summed E-state index contributed by atoms with van der Waals surface area (Å²) in [5, 5.41) is 6.67. The molecule has 0 spiro atoms. The van der Waals surface area contributed by atoms with E-state index in [0.29, 0.717) is 27.2 Å². The van der Waals surface area contributed by atoms with E-state index in [-0.39, 0.29) is 11.9 Å². The molecule has 0 saturated carbocycles. The Morgan fingerprint density at radius 1 is 1.14 bits per heavy atom. The molecule has 1 amide bonds. The zero-order chi connectivity index (χ0) is 15.4. The van der Waals surface area contributed by atoms with E-state index < -0.39 is 0 Å². The number of halogens is 2. The topological polar surface area (TPSA) is 66.9 Å². The van der Waals surface area contributed by atoms with Crippen LogP contribution in [0.25, 0.3) is 0 Å². The number of hydrogen-bond donors (Lipinski definition) is 2. The minimum Gasteiger partial charge on any atom is -0.350 e. The van der Waals surface area contributed by atoms with Crippen molar-refractivity contribution in [2.75, 3.05) is 5.32 Å². The van der Waals surface area contributed by atoms with Crippen molar-refractivity contribution in [1.29, 1.82) is 0 Å². The highest BCUT2D eigenvalue weighted by Crippen LogP contribution is 2.26. The van der Waals surface area contributed by atoms with E-state index in [0.717, 1.165) is 0 Å². The van der Waals surface area contributed by atoms with Crippen LogP contribution in [0.2, 0.25) is 10.0 Å². The Hall–Kier alpha value is -1.85. The Balaban J connectivity index is 2.08. The highest BCUT2D eigenvalue weighted by atomic mass is 35.5. The highest BCUT2D eigenvalue weighted by Gasteiger charge is 2.08. The zero-order valence-electron chi connectivity index (χ0n) is 11.5. The molecule has 0 saturated heterocycles. The lowest BCUT2D eigenvalue weighted by molar-refractivity contribution is 0.0942. The molecule has 0 atom stereocenters. The highest BCUT2D eigenvalue weighted by molar-refractivity contribution is 6.42. The normalized spacial score (nSPS) is 10.5. The van der Waals surface area contributed by atoms with Gasteiger partial charge in [0.2, 0.25) is 5.95 Å². The van der Waals surface area contributed by atoms with E-state index >= 15 is 0 Å². The summed E-state index contributed by atoms with van der Waals surface area (Å²) < 4.78 is 0. The van der Waals surface area contributed by atoms with Gasteiger partial charge in [-0.2, -0.15) is 0 Å². The average molecular weight is 325 g/mol. The largest absolute Gasteiger partial charge is 0.350 e. The third-order valence-corrected chi connectivity index (χ3v) is 3.25. The fourth-order valence-electron chi connectivity index (χ4n) is 1.56. The molecular formula is C14H14Cl2N4O. The number of amides is 1. The standard InChI is InChI=1S/C14H14Cl2N4O/c1-8(2)19-13(21)9-6-17-14(18-7-9)20-10-3-4-11(15)12(16)5-10/h3-8H,1-2H3,(H,19,21)(H,17,18,20). The van der Waals surface area contributed by atoms with Gasteiger partial charge in [-0.25, -0.2) is 9.97 Å². The SMILES string of the molecule is CC(C)NC(=O)c1cnc(Nc2ccc(Cl)c(Cl)c2)nc1. The first-order chi connectivity index (χ1) is 9.95. The predicted octanol–water partition coefficient (Wildman–Crippen LogP) is 3.67. The van der Waals surface area contributed by atoms with Gasteiger partial charge in [0.05, 0.1) is 15.6 Å². The first-order valence-electron chi connectivity index (χ1n) is 6.30. The van der Waals surface area contributed by atoms with Crippen LogP contribution >= 0.6 is 23.2 Å². The molecule has 0 fully saturated rings. The van der Waals surface area contributed by atoms with Crippen LogP contribution in [0.15, 0.2) is 30.6 Å². The lowest BCUT2D eigenvalue weighted by Crippen LogP contribution is -2.30. The summed E-state index contributed by atoms with van der Waals surface area (Å²) in [5.41, 5.74) is 1.12. The molecule has 0 aliphatic carbocycles. The first kappa shape index (κ1) is 15.5. The van der Waals surface area contributed by atoms with Crippen molar-refractivity contribution in [2.45, 2.75) is 19.9 Å². The molecule has 7 heteroatoms. The van der Waals surface area contributed by atoms with E-state index in [1.807, 2.05) is 13.8 Å². The number of nitrogens with one attached hydrogen (secondary N) is 2. The molecule has 0 aliphatic rings. The van der Waals surface area contributed by atoms with Crippen molar-refractivity contribution >= 4 is 40.7 Å². The second-order valence-electron chi connectivity index (χ2n) is 4.68. The number of benzene rings is 1. The molecule has 110 valence electrons. The lowest BCUT2D eigenvalue weighted by atomic mass is 10.3. The van der Waals surface area contributed by atoms with Crippen molar-refractivity contribution in [2.24, 2.45) is 0 Å². The summed E-state index contributed by atoms with van der Waals surface area (Å²) in [4.78, 5) is 20.0. The summed E-state index contributed by atoms with van der Waals surface area (Å²) >= 11 is 11.8. The van der Waals surface area contributed by atoms with Crippen molar-refractivity contribution in [1.82, 2.24) is 15.3 Å². The van der Waals surface area contributed by atoms with E-state index in [1.165, 1.54) is 12.4 Å². The smallest absolute Gasteiger partial charge is 0.254 e. The summed E-state index contributed by atoms with van der Waals surface area (Å²) in [7, 11) is 0. The van der Waals surface area contributed by atoms with Crippen molar-refractivity contribution < 1.29 is 4.79 Å². The molecule has 1 aromatic carbocycles. The maximum Gasteiger partial charge on any atom is 0.254 e. The molecule has 5 nitrogen and oxygen atoms in total. The Labute approximate surface area is 132 Å². The molecule has 0 aliphatic heterocycles. The first-order valence-corrected chi connectivity index (χ1v) is 7.06. The fraction of sp³-hybridized carbons (Fsp3) is 0.214. The van der Waals surface area contributed by atoms with Crippen LogP contribution in [-0.2, 0) is 0 Å². The monoisotopic (exact) mass is 324 g/mol. The fourth-order valence-corrected chi connectivity index (χ4v) is 1.86. The molecular weight excluding hydrogens is 311 g/mol. The molecule has 1 aromatic heterocycles. The molecule has 1 heterocycles. The van der Waals surface area contributed by atoms with Crippen molar-refractivity contribution in [3.63, 3.8) is 0 Å². The number of nitrogens with zero attached hydrogens (tertiary/aromatic N) is 2. The number of anilines is 2. The van der Waals surface area contributed by atoms with Gasteiger partial charge < -0.3 is 10.6 Å². The molecule has 2 aromatic rings. The van der Waals surface area contributed by atoms with Crippen molar-refractivity contribution in [3.05, 3.63) is 46.2 Å². The Morgan fingerprint density at radius 2 is 1.81 bits per heavy atom. The number of rotatable bonds is 4. The van der Waals surface area contributed by atoms with Gasteiger partial charge in [-0.05, 0) is 32.0 Å². The summed E-state index contributed by atoms with van der Waals surface area (Å²) in [6.45, 7) is 3.78. The molecule has 0 bridgehead atoms. The maximum absolute atomic E-state index is 11.8. The van der Waals surface area contributed by atoms with Gasteiger partial charge in [0, 0.05) is 24.1 Å². The Kier molecular flexibility index (Phi) is 4.98. The van der Waals surface area contributed by atoms with Gasteiger partial charge in [0.1, 0.15) is 0 Å². The Morgan fingerprint density at radius 3 is 2.38 bits per heavy atom. The van der Waals surface area contributed by atoms with Gasteiger partial charge in [-0.1, -0.05) is 23.2 Å². The van der Waals surface area contributed by atoms with Gasteiger partial charge in [-0.15, -0.1) is 0 Å². The van der Waals surface area contributed by atoms with Gasteiger partial charge in [-0.3, -0.25) is 4.79 Å².